The van der Waals surface area contributed by atoms with Gasteiger partial charge in [-0.25, -0.2) is 0 Å². The third-order valence-electron chi connectivity index (χ3n) is 4.58. The molecule has 144 valence electrons. The van der Waals surface area contributed by atoms with Crippen LogP contribution < -0.4 is 15.0 Å². The maximum Gasteiger partial charge on any atom is 0.262 e. The van der Waals surface area contributed by atoms with Crippen molar-refractivity contribution in [3.63, 3.8) is 0 Å². The van der Waals surface area contributed by atoms with Crippen LogP contribution in [-0.4, -0.2) is 50.1 Å². The fourth-order valence-electron chi connectivity index (χ4n) is 3.06. The summed E-state index contributed by atoms with van der Waals surface area (Å²) in [5.41, 5.74) is 1.72. The molecule has 0 radical (unpaired) electrons. The molecule has 0 atom stereocenters. The van der Waals surface area contributed by atoms with Gasteiger partial charge in [-0.15, -0.1) is 0 Å². The van der Waals surface area contributed by atoms with E-state index in [9.17, 15) is 4.79 Å². The van der Waals surface area contributed by atoms with Crippen molar-refractivity contribution in [2.45, 2.75) is 6.92 Å². The van der Waals surface area contributed by atoms with Gasteiger partial charge in [-0.1, -0.05) is 18.5 Å². The molecule has 5 nitrogen and oxygen atoms in total. The Labute approximate surface area is 178 Å². The van der Waals surface area contributed by atoms with Crippen molar-refractivity contribution in [2.75, 3.05) is 49.5 Å². The number of halogens is 2. The van der Waals surface area contributed by atoms with Crippen molar-refractivity contribution < 1.29 is 9.53 Å². The first-order valence-corrected chi connectivity index (χ1v) is 10.5. The molecule has 1 aliphatic rings. The normalized spacial score (nSPS) is 14.9. The third kappa shape index (κ3) is 5.73. The molecule has 1 saturated heterocycles. The van der Waals surface area contributed by atoms with Crippen LogP contribution in [0.2, 0.25) is 5.02 Å². The molecule has 1 heterocycles. The molecule has 1 N–H and O–H groups in total. The van der Waals surface area contributed by atoms with Crippen LogP contribution in [0, 0.1) is 3.57 Å². The maximum atomic E-state index is 12.4. The second-order valence-electron chi connectivity index (χ2n) is 6.37. The molecule has 1 aliphatic heterocycles. The van der Waals surface area contributed by atoms with Crippen molar-refractivity contribution >= 4 is 51.5 Å². The number of rotatable bonds is 6. The summed E-state index contributed by atoms with van der Waals surface area (Å²) in [6.07, 6.45) is 0. The standard InChI is InChI=1S/C20H23ClIN3O2/c1-2-24-9-11-25(12-10-24)19-8-3-15(21)13-18(19)23-20(26)14-27-17-6-4-16(22)5-7-17/h3-8,13H,2,9-12,14H2,1H3,(H,23,26). The molecule has 27 heavy (non-hydrogen) atoms. The fourth-order valence-corrected chi connectivity index (χ4v) is 3.59. The minimum Gasteiger partial charge on any atom is -0.484 e. The lowest BCUT2D eigenvalue weighted by Crippen LogP contribution is -2.46. The van der Waals surface area contributed by atoms with Gasteiger partial charge in [0.05, 0.1) is 11.4 Å². The average molecular weight is 500 g/mol. The monoisotopic (exact) mass is 499 g/mol. The molecular formula is C20H23ClIN3O2. The number of anilines is 2. The zero-order chi connectivity index (χ0) is 19.2. The fraction of sp³-hybridized carbons (Fsp3) is 0.350. The smallest absolute Gasteiger partial charge is 0.262 e. The van der Waals surface area contributed by atoms with Crippen molar-refractivity contribution in [1.29, 1.82) is 0 Å². The molecular weight excluding hydrogens is 477 g/mol. The Kier molecular flexibility index (Phi) is 7.20. The van der Waals surface area contributed by atoms with Crippen LogP contribution in [0.15, 0.2) is 42.5 Å². The third-order valence-corrected chi connectivity index (χ3v) is 5.53. The van der Waals surface area contributed by atoms with Crippen LogP contribution in [0.5, 0.6) is 5.75 Å². The van der Waals surface area contributed by atoms with E-state index in [1.165, 1.54) is 0 Å². The summed E-state index contributed by atoms with van der Waals surface area (Å²) in [6, 6.07) is 13.2. The van der Waals surface area contributed by atoms with Gasteiger partial charge in [0.1, 0.15) is 5.75 Å². The first-order chi connectivity index (χ1) is 13.0. The van der Waals surface area contributed by atoms with Gasteiger partial charge in [-0.2, -0.15) is 0 Å². The molecule has 2 aromatic rings. The minimum atomic E-state index is -0.204. The summed E-state index contributed by atoms with van der Waals surface area (Å²) >= 11 is 8.39. The molecule has 0 bridgehead atoms. The first-order valence-electron chi connectivity index (χ1n) is 9.00. The molecule has 0 aromatic heterocycles. The summed E-state index contributed by atoms with van der Waals surface area (Å²) in [6.45, 7) is 7.08. The molecule has 7 heteroatoms. The molecule has 2 aromatic carbocycles. The van der Waals surface area contributed by atoms with Crippen LogP contribution in [0.3, 0.4) is 0 Å². The maximum absolute atomic E-state index is 12.4. The summed E-state index contributed by atoms with van der Waals surface area (Å²) in [7, 11) is 0. The summed E-state index contributed by atoms with van der Waals surface area (Å²) in [4.78, 5) is 17.1. The molecule has 1 fully saturated rings. The summed E-state index contributed by atoms with van der Waals surface area (Å²) in [5, 5.41) is 3.55. The highest BCUT2D eigenvalue weighted by Gasteiger charge is 2.19. The van der Waals surface area contributed by atoms with Gasteiger partial charge < -0.3 is 19.9 Å². The second kappa shape index (κ2) is 9.61. The molecule has 0 aliphatic carbocycles. The highest BCUT2D eigenvalue weighted by molar-refractivity contribution is 14.1. The van der Waals surface area contributed by atoms with E-state index in [1.807, 2.05) is 36.4 Å². The van der Waals surface area contributed by atoms with E-state index >= 15 is 0 Å². The van der Waals surface area contributed by atoms with Crippen molar-refractivity contribution in [3.8, 4) is 5.75 Å². The van der Waals surface area contributed by atoms with Crippen LogP contribution in [0.1, 0.15) is 6.92 Å². The van der Waals surface area contributed by atoms with E-state index in [1.54, 1.807) is 6.07 Å². The van der Waals surface area contributed by atoms with Gasteiger partial charge in [-0.05, 0) is 71.6 Å². The van der Waals surface area contributed by atoms with Crippen LogP contribution >= 0.6 is 34.2 Å². The van der Waals surface area contributed by atoms with Crippen molar-refractivity contribution in [3.05, 3.63) is 51.1 Å². The Morgan fingerprint density at radius 2 is 1.85 bits per heavy atom. The van der Waals surface area contributed by atoms with E-state index in [0.29, 0.717) is 10.8 Å². The summed E-state index contributed by atoms with van der Waals surface area (Å²) in [5.74, 6) is 0.469. The van der Waals surface area contributed by atoms with E-state index in [-0.39, 0.29) is 12.5 Å². The summed E-state index contributed by atoms with van der Waals surface area (Å²) < 4.78 is 6.69. The number of ether oxygens (including phenoxy) is 1. The Morgan fingerprint density at radius 1 is 1.15 bits per heavy atom. The number of hydrogen-bond donors (Lipinski definition) is 1. The van der Waals surface area contributed by atoms with Gasteiger partial charge in [0.15, 0.2) is 6.61 Å². The topological polar surface area (TPSA) is 44.8 Å². The molecule has 0 spiro atoms. The number of likely N-dealkylation sites (N-methyl/N-ethyl adjacent to an activating group) is 1. The SMILES string of the molecule is CCN1CCN(c2ccc(Cl)cc2NC(=O)COc2ccc(I)cc2)CC1. The molecule has 0 saturated carbocycles. The average Bonchev–Trinajstić information content (AvgIpc) is 2.68. The number of amides is 1. The Balaban J connectivity index is 1.64. The number of hydrogen-bond acceptors (Lipinski definition) is 4. The highest BCUT2D eigenvalue weighted by atomic mass is 127. The predicted molar refractivity (Wildman–Crippen MR) is 119 cm³/mol. The Morgan fingerprint density at radius 3 is 2.52 bits per heavy atom. The quantitative estimate of drug-likeness (QED) is 0.608. The van der Waals surface area contributed by atoms with Crippen LogP contribution in [-0.2, 0) is 4.79 Å². The number of nitrogens with one attached hydrogen (secondary N) is 1. The Bertz CT molecular complexity index is 777. The second-order valence-corrected chi connectivity index (χ2v) is 8.06. The lowest BCUT2D eigenvalue weighted by Gasteiger charge is -2.36. The van der Waals surface area contributed by atoms with E-state index in [0.717, 1.165) is 47.7 Å². The Hall–Kier alpha value is -1.51. The van der Waals surface area contributed by atoms with E-state index in [2.05, 4.69) is 44.6 Å². The first kappa shape index (κ1) is 20.2. The molecule has 0 unspecified atom stereocenters. The largest absolute Gasteiger partial charge is 0.484 e. The van der Waals surface area contributed by atoms with Gasteiger partial charge >= 0.3 is 0 Å². The molecule has 3 rings (SSSR count). The zero-order valence-electron chi connectivity index (χ0n) is 15.3. The minimum absolute atomic E-state index is 0.0455. The predicted octanol–water partition coefficient (Wildman–Crippen LogP) is 4.10. The van der Waals surface area contributed by atoms with E-state index in [4.69, 9.17) is 16.3 Å². The number of nitrogens with zero attached hydrogens (tertiary/aromatic N) is 2. The van der Waals surface area contributed by atoms with Crippen LogP contribution in [0.4, 0.5) is 11.4 Å². The number of carbonyl (C=O) groups excluding carboxylic acids is 1. The van der Waals surface area contributed by atoms with Gasteiger partial charge in [0.25, 0.3) is 5.91 Å². The van der Waals surface area contributed by atoms with Gasteiger partial charge in [-0.3, -0.25) is 4.79 Å². The van der Waals surface area contributed by atoms with Gasteiger partial charge in [0, 0.05) is 34.8 Å². The van der Waals surface area contributed by atoms with Crippen molar-refractivity contribution in [2.24, 2.45) is 0 Å². The zero-order valence-corrected chi connectivity index (χ0v) is 18.2. The lowest BCUT2D eigenvalue weighted by atomic mass is 10.2. The number of carbonyl (C=O) groups is 1. The highest BCUT2D eigenvalue weighted by Crippen LogP contribution is 2.30. The number of piperazine rings is 1. The van der Waals surface area contributed by atoms with Gasteiger partial charge in [0.2, 0.25) is 0 Å². The van der Waals surface area contributed by atoms with Crippen molar-refractivity contribution in [1.82, 2.24) is 4.90 Å². The molecule has 1 amide bonds. The number of benzene rings is 2. The van der Waals surface area contributed by atoms with E-state index < -0.39 is 0 Å². The van der Waals surface area contributed by atoms with Crippen LogP contribution in [0.25, 0.3) is 0 Å². The lowest BCUT2D eigenvalue weighted by molar-refractivity contribution is -0.118.